The Morgan fingerprint density at radius 1 is 1.14 bits per heavy atom. The van der Waals surface area contributed by atoms with Crippen LogP contribution in [0, 0.1) is 5.82 Å². The van der Waals surface area contributed by atoms with E-state index in [0.717, 1.165) is 10.6 Å². The molecule has 0 heterocycles. The van der Waals surface area contributed by atoms with Crippen molar-refractivity contribution in [2.75, 3.05) is 12.4 Å². The lowest BCUT2D eigenvalue weighted by atomic mass is 10.3. The molecule has 110 valence electrons. The SMILES string of the molecule is COc1ccc(S[C@@H](C)C(=O)Nc2ccc(F)cc2)cc1. The van der Waals surface area contributed by atoms with Crippen molar-refractivity contribution in [3.63, 3.8) is 0 Å². The average Bonchev–Trinajstić information content (AvgIpc) is 2.50. The molecule has 2 rings (SSSR count). The van der Waals surface area contributed by atoms with Gasteiger partial charge >= 0.3 is 0 Å². The third kappa shape index (κ3) is 4.49. The Balaban J connectivity index is 1.93. The maximum absolute atomic E-state index is 12.8. The van der Waals surface area contributed by atoms with Crippen molar-refractivity contribution >= 4 is 23.4 Å². The second-order valence-corrected chi connectivity index (χ2v) is 5.85. The molecule has 0 spiro atoms. The van der Waals surface area contributed by atoms with E-state index in [1.165, 1.54) is 36.0 Å². The van der Waals surface area contributed by atoms with Crippen LogP contribution in [0.25, 0.3) is 0 Å². The molecule has 2 aromatic carbocycles. The number of thioether (sulfide) groups is 1. The van der Waals surface area contributed by atoms with E-state index in [4.69, 9.17) is 4.74 Å². The summed E-state index contributed by atoms with van der Waals surface area (Å²) in [4.78, 5) is 13.1. The summed E-state index contributed by atoms with van der Waals surface area (Å²) in [5.41, 5.74) is 0.587. The van der Waals surface area contributed by atoms with E-state index in [1.54, 1.807) is 7.11 Å². The molecule has 21 heavy (non-hydrogen) atoms. The smallest absolute Gasteiger partial charge is 0.237 e. The Morgan fingerprint density at radius 2 is 1.76 bits per heavy atom. The van der Waals surface area contributed by atoms with Gasteiger partial charge in [0.2, 0.25) is 5.91 Å². The van der Waals surface area contributed by atoms with Crippen LogP contribution >= 0.6 is 11.8 Å². The monoisotopic (exact) mass is 305 g/mol. The van der Waals surface area contributed by atoms with Crippen LogP contribution in [-0.2, 0) is 4.79 Å². The molecule has 1 amide bonds. The quantitative estimate of drug-likeness (QED) is 0.850. The molecular weight excluding hydrogens is 289 g/mol. The van der Waals surface area contributed by atoms with E-state index in [-0.39, 0.29) is 17.0 Å². The zero-order valence-electron chi connectivity index (χ0n) is 11.8. The van der Waals surface area contributed by atoms with Crippen LogP contribution < -0.4 is 10.1 Å². The number of benzene rings is 2. The van der Waals surface area contributed by atoms with Gasteiger partial charge in [0.1, 0.15) is 11.6 Å². The highest BCUT2D eigenvalue weighted by molar-refractivity contribution is 8.00. The van der Waals surface area contributed by atoms with Gasteiger partial charge in [0.05, 0.1) is 12.4 Å². The summed E-state index contributed by atoms with van der Waals surface area (Å²) < 4.78 is 17.9. The molecular formula is C16H16FNO2S. The molecule has 1 N–H and O–H groups in total. The highest BCUT2D eigenvalue weighted by Gasteiger charge is 2.14. The Kier molecular flexibility index (Phi) is 5.22. The van der Waals surface area contributed by atoms with Crippen LogP contribution in [0.15, 0.2) is 53.4 Å². The van der Waals surface area contributed by atoms with Gasteiger partial charge in [0.15, 0.2) is 0 Å². The predicted molar refractivity (Wildman–Crippen MR) is 83.3 cm³/mol. The number of ether oxygens (including phenoxy) is 1. The normalized spacial score (nSPS) is 11.8. The summed E-state index contributed by atoms with van der Waals surface area (Å²) in [5.74, 6) is 0.332. The number of amides is 1. The molecule has 5 heteroatoms. The first kappa shape index (κ1) is 15.4. The second-order valence-electron chi connectivity index (χ2n) is 4.43. The lowest BCUT2D eigenvalue weighted by molar-refractivity contribution is -0.115. The lowest BCUT2D eigenvalue weighted by Crippen LogP contribution is -2.22. The molecule has 0 saturated carbocycles. The first-order valence-electron chi connectivity index (χ1n) is 6.45. The zero-order valence-corrected chi connectivity index (χ0v) is 12.6. The van der Waals surface area contributed by atoms with E-state index < -0.39 is 0 Å². The fourth-order valence-electron chi connectivity index (χ4n) is 1.69. The molecule has 2 aromatic rings. The summed E-state index contributed by atoms with van der Waals surface area (Å²) in [6.45, 7) is 1.83. The number of nitrogens with one attached hydrogen (secondary N) is 1. The van der Waals surface area contributed by atoms with Crippen molar-refractivity contribution in [3.05, 3.63) is 54.3 Å². The zero-order chi connectivity index (χ0) is 15.2. The molecule has 0 aliphatic rings. The van der Waals surface area contributed by atoms with Crippen LogP contribution in [0.2, 0.25) is 0 Å². The average molecular weight is 305 g/mol. The molecule has 0 bridgehead atoms. The standard InChI is InChI=1S/C16H16FNO2S/c1-11(21-15-9-7-14(20-2)8-10-15)16(19)18-13-5-3-12(17)4-6-13/h3-11H,1-2H3,(H,18,19)/t11-/m0/s1. The van der Waals surface area contributed by atoms with Gasteiger partial charge in [-0.2, -0.15) is 0 Å². The topological polar surface area (TPSA) is 38.3 Å². The second kappa shape index (κ2) is 7.13. The predicted octanol–water partition coefficient (Wildman–Crippen LogP) is 3.95. The van der Waals surface area contributed by atoms with Gasteiger partial charge in [-0.1, -0.05) is 0 Å². The van der Waals surface area contributed by atoms with E-state index in [0.29, 0.717) is 5.69 Å². The van der Waals surface area contributed by atoms with E-state index >= 15 is 0 Å². The van der Waals surface area contributed by atoms with Crippen molar-refractivity contribution in [1.82, 2.24) is 0 Å². The number of rotatable bonds is 5. The van der Waals surface area contributed by atoms with Gasteiger partial charge in [0.25, 0.3) is 0 Å². The van der Waals surface area contributed by atoms with Crippen LogP contribution in [0.5, 0.6) is 5.75 Å². The highest BCUT2D eigenvalue weighted by atomic mass is 32.2. The minimum Gasteiger partial charge on any atom is -0.497 e. The number of methoxy groups -OCH3 is 1. The van der Waals surface area contributed by atoms with Crippen molar-refractivity contribution in [2.45, 2.75) is 17.1 Å². The van der Waals surface area contributed by atoms with Crippen molar-refractivity contribution in [3.8, 4) is 5.75 Å². The van der Waals surface area contributed by atoms with Crippen molar-refractivity contribution in [1.29, 1.82) is 0 Å². The Hall–Kier alpha value is -2.01. The summed E-state index contributed by atoms with van der Waals surface area (Å²) in [7, 11) is 1.61. The molecule has 0 unspecified atom stereocenters. The fourth-order valence-corrected chi connectivity index (χ4v) is 2.56. The molecule has 0 aliphatic carbocycles. The van der Waals surface area contributed by atoms with Gasteiger partial charge in [-0.15, -0.1) is 11.8 Å². The Morgan fingerprint density at radius 3 is 2.33 bits per heavy atom. The number of carbonyl (C=O) groups is 1. The van der Waals surface area contributed by atoms with Gasteiger partial charge < -0.3 is 10.1 Å². The van der Waals surface area contributed by atoms with Crippen LogP contribution in [0.4, 0.5) is 10.1 Å². The minimum atomic E-state index is -0.325. The van der Waals surface area contributed by atoms with Crippen molar-refractivity contribution < 1.29 is 13.9 Å². The molecule has 0 radical (unpaired) electrons. The van der Waals surface area contributed by atoms with Crippen LogP contribution in [0.1, 0.15) is 6.92 Å². The number of anilines is 1. The molecule has 0 aliphatic heterocycles. The van der Waals surface area contributed by atoms with Gasteiger partial charge in [-0.3, -0.25) is 4.79 Å². The number of hydrogen-bond donors (Lipinski definition) is 1. The number of halogens is 1. The third-order valence-corrected chi connectivity index (χ3v) is 3.97. The number of hydrogen-bond acceptors (Lipinski definition) is 3. The summed E-state index contributed by atoms with van der Waals surface area (Å²) in [5, 5.41) is 2.50. The number of carbonyl (C=O) groups excluding carboxylic acids is 1. The maximum atomic E-state index is 12.8. The summed E-state index contributed by atoms with van der Waals surface area (Å²) >= 11 is 1.45. The van der Waals surface area contributed by atoms with Crippen molar-refractivity contribution in [2.24, 2.45) is 0 Å². The van der Waals surface area contributed by atoms with Crippen LogP contribution in [0.3, 0.4) is 0 Å². The largest absolute Gasteiger partial charge is 0.497 e. The molecule has 1 atom stereocenters. The minimum absolute atomic E-state index is 0.123. The third-order valence-electron chi connectivity index (χ3n) is 2.85. The lowest BCUT2D eigenvalue weighted by Gasteiger charge is -2.12. The summed E-state index contributed by atoms with van der Waals surface area (Å²) in [6.07, 6.45) is 0. The fraction of sp³-hybridized carbons (Fsp3) is 0.188. The molecule has 0 saturated heterocycles. The van der Waals surface area contributed by atoms with Gasteiger partial charge in [-0.25, -0.2) is 4.39 Å². The Bertz CT molecular complexity index is 599. The van der Waals surface area contributed by atoms with Crippen LogP contribution in [-0.4, -0.2) is 18.3 Å². The Labute approximate surface area is 127 Å². The first-order chi connectivity index (χ1) is 10.1. The first-order valence-corrected chi connectivity index (χ1v) is 7.33. The van der Waals surface area contributed by atoms with Gasteiger partial charge in [-0.05, 0) is 55.5 Å². The maximum Gasteiger partial charge on any atom is 0.237 e. The molecule has 0 fully saturated rings. The molecule has 3 nitrogen and oxygen atoms in total. The molecule has 0 aromatic heterocycles. The summed E-state index contributed by atoms with van der Waals surface area (Å²) in [6, 6.07) is 13.2. The van der Waals surface area contributed by atoms with E-state index in [9.17, 15) is 9.18 Å². The van der Waals surface area contributed by atoms with E-state index in [1.807, 2.05) is 31.2 Å². The highest BCUT2D eigenvalue weighted by Crippen LogP contribution is 2.26. The van der Waals surface area contributed by atoms with E-state index in [2.05, 4.69) is 5.32 Å². The van der Waals surface area contributed by atoms with Gasteiger partial charge in [0, 0.05) is 10.6 Å².